The average molecular weight is 373 g/mol. The Morgan fingerprint density at radius 1 is 1.50 bits per heavy atom. The molecule has 1 saturated carbocycles. The number of thioether (sulfide) groups is 1. The largest absolute Gasteiger partial charge is 0.325 e. The highest BCUT2D eigenvalue weighted by Crippen LogP contribution is 2.40. The normalized spacial score (nSPS) is 13.4. The lowest BCUT2D eigenvalue weighted by Gasteiger charge is -2.09. The molecule has 0 aliphatic heterocycles. The van der Waals surface area contributed by atoms with Crippen molar-refractivity contribution in [1.82, 2.24) is 14.8 Å². The van der Waals surface area contributed by atoms with Crippen LogP contribution < -0.4 is 5.32 Å². The molecule has 0 unspecified atom stereocenters. The summed E-state index contributed by atoms with van der Waals surface area (Å²) in [4.78, 5) is 22.6. The fourth-order valence-electron chi connectivity index (χ4n) is 2.57. The first-order valence-corrected chi connectivity index (χ1v) is 9.20. The van der Waals surface area contributed by atoms with Crippen LogP contribution in [0, 0.1) is 17.0 Å². The minimum atomic E-state index is -0.460. The maximum Gasteiger partial charge on any atom is 0.269 e. The van der Waals surface area contributed by atoms with Crippen LogP contribution in [0.4, 0.5) is 11.4 Å². The number of non-ortho nitro benzene ring substituents is 1. The van der Waals surface area contributed by atoms with Crippen LogP contribution in [-0.2, 0) is 11.3 Å². The summed E-state index contributed by atoms with van der Waals surface area (Å²) in [5, 5.41) is 22.7. The second kappa shape index (κ2) is 7.69. The van der Waals surface area contributed by atoms with Gasteiger partial charge in [0.1, 0.15) is 5.82 Å². The van der Waals surface area contributed by atoms with Crippen molar-refractivity contribution in [3.05, 3.63) is 52.4 Å². The molecule has 1 heterocycles. The van der Waals surface area contributed by atoms with Gasteiger partial charge in [-0.3, -0.25) is 14.9 Å². The van der Waals surface area contributed by atoms with E-state index in [1.165, 1.54) is 23.9 Å². The van der Waals surface area contributed by atoms with Crippen molar-refractivity contribution in [3.63, 3.8) is 0 Å². The molecular formula is C17H19N5O3S. The van der Waals surface area contributed by atoms with E-state index in [9.17, 15) is 14.9 Å². The van der Waals surface area contributed by atoms with E-state index in [0.717, 1.165) is 18.7 Å². The zero-order valence-corrected chi connectivity index (χ0v) is 15.2. The van der Waals surface area contributed by atoms with Gasteiger partial charge >= 0.3 is 0 Å². The molecule has 1 aromatic carbocycles. The van der Waals surface area contributed by atoms with E-state index in [-0.39, 0.29) is 17.3 Å². The molecule has 26 heavy (non-hydrogen) atoms. The number of amides is 1. The van der Waals surface area contributed by atoms with E-state index >= 15 is 0 Å². The minimum Gasteiger partial charge on any atom is -0.325 e. The van der Waals surface area contributed by atoms with Gasteiger partial charge in [-0.25, -0.2) is 0 Å². The standard InChI is InChI=1S/C17H19N5O3S/c1-3-8-21-16(12-4-5-12)19-20-17(21)26-10-15(23)18-14-7-6-13(22(24)25)9-11(14)2/h3,6-7,9,12H,1,4-5,8,10H2,2H3,(H,18,23). The zero-order valence-electron chi connectivity index (χ0n) is 14.3. The average Bonchev–Trinajstić information content (AvgIpc) is 3.37. The maximum atomic E-state index is 12.2. The number of carbonyl (C=O) groups excluding carboxylic acids is 1. The number of hydrogen-bond acceptors (Lipinski definition) is 6. The van der Waals surface area contributed by atoms with Crippen molar-refractivity contribution >= 4 is 29.0 Å². The van der Waals surface area contributed by atoms with Gasteiger partial charge in [-0.15, -0.1) is 16.8 Å². The predicted molar refractivity (Wildman–Crippen MR) is 99.4 cm³/mol. The molecule has 136 valence electrons. The molecule has 1 amide bonds. The summed E-state index contributed by atoms with van der Waals surface area (Å²) < 4.78 is 2.00. The number of rotatable bonds is 8. The SMILES string of the molecule is C=CCn1c(SCC(=O)Nc2ccc([N+](=O)[O-])cc2C)nnc1C1CC1. The molecule has 1 aliphatic carbocycles. The van der Waals surface area contributed by atoms with Crippen LogP contribution in [0.3, 0.4) is 0 Å². The Bertz CT molecular complexity index is 860. The highest BCUT2D eigenvalue weighted by Gasteiger charge is 2.30. The number of nitrogens with zero attached hydrogens (tertiary/aromatic N) is 4. The van der Waals surface area contributed by atoms with Crippen molar-refractivity contribution in [2.75, 3.05) is 11.1 Å². The Morgan fingerprint density at radius 3 is 2.88 bits per heavy atom. The zero-order chi connectivity index (χ0) is 18.7. The van der Waals surface area contributed by atoms with E-state index in [1.807, 2.05) is 4.57 Å². The Kier molecular flexibility index (Phi) is 5.36. The lowest BCUT2D eigenvalue weighted by Crippen LogP contribution is -2.15. The van der Waals surface area contributed by atoms with Crippen LogP contribution in [0.1, 0.15) is 30.1 Å². The van der Waals surface area contributed by atoms with Gasteiger partial charge in [0.15, 0.2) is 5.16 Å². The first kappa shape index (κ1) is 18.1. The highest BCUT2D eigenvalue weighted by molar-refractivity contribution is 7.99. The number of nitrogens with one attached hydrogen (secondary N) is 1. The summed E-state index contributed by atoms with van der Waals surface area (Å²) in [5.41, 5.74) is 1.20. The number of nitro benzene ring substituents is 1. The Morgan fingerprint density at radius 2 is 2.27 bits per heavy atom. The van der Waals surface area contributed by atoms with Crippen LogP contribution in [0.15, 0.2) is 36.0 Å². The topological polar surface area (TPSA) is 103 Å². The van der Waals surface area contributed by atoms with E-state index in [1.54, 1.807) is 19.1 Å². The van der Waals surface area contributed by atoms with Crippen LogP contribution in [0.2, 0.25) is 0 Å². The van der Waals surface area contributed by atoms with Crippen LogP contribution in [-0.4, -0.2) is 31.3 Å². The first-order valence-electron chi connectivity index (χ1n) is 8.21. The number of anilines is 1. The molecule has 0 bridgehead atoms. The second-order valence-electron chi connectivity index (χ2n) is 6.11. The molecule has 0 radical (unpaired) electrons. The molecule has 1 aromatic heterocycles. The smallest absolute Gasteiger partial charge is 0.269 e. The molecule has 1 fully saturated rings. The van der Waals surface area contributed by atoms with E-state index in [4.69, 9.17) is 0 Å². The van der Waals surface area contributed by atoms with Crippen LogP contribution in [0.25, 0.3) is 0 Å². The molecule has 9 heteroatoms. The molecule has 1 aliphatic rings. The molecular weight excluding hydrogens is 354 g/mol. The van der Waals surface area contributed by atoms with Crippen LogP contribution >= 0.6 is 11.8 Å². The Hall–Kier alpha value is -2.68. The van der Waals surface area contributed by atoms with E-state index in [0.29, 0.717) is 28.9 Å². The van der Waals surface area contributed by atoms with Gasteiger partial charge in [0.2, 0.25) is 5.91 Å². The summed E-state index contributed by atoms with van der Waals surface area (Å²) in [6.07, 6.45) is 4.04. The molecule has 2 aromatic rings. The summed E-state index contributed by atoms with van der Waals surface area (Å²) in [6, 6.07) is 4.35. The summed E-state index contributed by atoms with van der Waals surface area (Å²) >= 11 is 1.32. The van der Waals surface area contributed by atoms with Gasteiger partial charge in [-0.05, 0) is 31.4 Å². The van der Waals surface area contributed by atoms with E-state index in [2.05, 4.69) is 22.1 Å². The Labute approximate surface area is 154 Å². The first-order chi connectivity index (χ1) is 12.5. The van der Waals surface area contributed by atoms with Gasteiger partial charge in [0.25, 0.3) is 5.69 Å². The van der Waals surface area contributed by atoms with Gasteiger partial charge in [0.05, 0.1) is 10.7 Å². The number of aryl methyl sites for hydroxylation is 1. The molecule has 0 atom stereocenters. The lowest BCUT2D eigenvalue weighted by molar-refractivity contribution is -0.384. The van der Waals surface area contributed by atoms with Crippen molar-refractivity contribution < 1.29 is 9.72 Å². The fraction of sp³-hybridized carbons (Fsp3) is 0.353. The van der Waals surface area contributed by atoms with Crippen LogP contribution in [0.5, 0.6) is 0 Å². The van der Waals surface area contributed by atoms with Gasteiger partial charge in [0, 0.05) is 30.3 Å². The quantitative estimate of drug-likeness (QED) is 0.330. The van der Waals surface area contributed by atoms with Gasteiger partial charge in [-0.2, -0.15) is 0 Å². The van der Waals surface area contributed by atoms with Crippen molar-refractivity contribution in [1.29, 1.82) is 0 Å². The number of benzene rings is 1. The summed E-state index contributed by atoms with van der Waals surface area (Å²) in [5.74, 6) is 1.40. The molecule has 8 nitrogen and oxygen atoms in total. The number of hydrogen-bond donors (Lipinski definition) is 1. The third-order valence-corrected chi connectivity index (χ3v) is 4.99. The number of nitro groups is 1. The molecule has 1 N–H and O–H groups in total. The monoisotopic (exact) mass is 373 g/mol. The number of allylic oxidation sites excluding steroid dienone is 1. The van der Waals surface area contributed by atoms with Crippen molar-refractivity contribution in [2.24, 2.45) is 0 Å². The molecule has 0 spiro atoms. The van der Waals surface area contributed by atoms with E-state index < -0.39 is 4.92 Å². The third-order valence-electron chi connectivity index (χ3n) is 4.03. The molecule has 0 saturated heterocycles. The highest BCUT2D eigenvalue weighted by atomic mass is 32.2. The summed E-state index contributed by atoms with van der Waals surface area (Å²) in [6.45, 7) is 6.10. The second-order valence-corrected chi connectivity index (χ2v) is 7.05. The maximum absolute atomic E-state index is 12.2. The number of carbonyl (C=O) groups is 1. The van der Waals surface area contributed by atoms with Gasteiger partial charge < -0.3 is 9.88 Å². The third kappa shape index (κ3) is 4.10. The number of aromatic nitrogens is 3. The summed E-state index contributed by atoms with van der Waals surface area (Å²) in [7, 11) is 0. The predicted octanol–water partition coefficient (Wildman–Crippen LogP) is 3.29. The minimum absolute atomic E-state index is 0.00000573. The lowest BCUT2D eigenvalue weighted by atomic mass is 10.2. The fourth-order valence-corrected chi connectivity index (χ4v) is 3.32. The van der Waals surface area contributed by atoms with Gasteiger partial charge in [-0.1, -0.05) is 17.8 Å². The molecule has 3 rings (SSSR count). The van der Waals surface area contributed by atoms with Crippen molar-refractivity contribution in [3.8, 4) is 0 Å². The van der Waals surface area contributed by atoms with Crippen molar-refractivity contribution in [2.45, 2.75) is 37.4 Å². The Balaban J connectivity index is 1.62.